The normalized spacial score (nSPS) is 10.6. The fourth-order valence-corrected chi connectivity index (χ4v) is 3.44. The number of aryl methyl sites for hydroxylation is 2. The van der Waals surface area contributed by atoms with Gasteiger partial charge in [0.1, 0.15) is 11.5 Å². The lowest BCUT2D eigenvalue weighted by atomic mass is 10.0. The van der Waals surface area contributed by atoms with Crippen LogP contribution in [0.5, 0.6) is 0 Å². The van der Waals surface area contributed by atoms with Gasteiger partial charge in [-0.2, -0.15) is 5.10 Å². The van der Waals surface area contributed by atoms with Crippen LogP contribution in [-0.2, 0) is 0 Å². The molecule has 1 N–H and O–H groups in total. The zero-order chi connectivity index (χ0) is 23.5. The Kier molecular flexibility index (Phi) is 5.82. The molecule has 1 amide bonds. The van der Waals surface area contributed by atoms with Gasteiger partial charge in [-0.15, -0.1) is 0 Å². The number of non-ortho nitro benzene ring substituents is 1. The van der Waals surface area contributed by atoms with Crippen LogP contribution in [-0.4, -0.2) is 20.6 Å². The Balaban J connectivity index is 1.93. The first kappa shape index (κ1) is 21.6. The van der Waals surface area contributed by atoms with E-state index >= 15 is 0 Å². The maximum Gasteiger partial charge on any atom is 0.270 e. The van der Waals surface area contributed by atoms with Crippen molar-refractivity contribution in [2.45, 2.75) is 13.8 Å². The molecular weight excluding hydrogens is 420 g/mol. The number of nitro groups is 1. The predicted octanol–water partition coefficient (Wildman–Crippen LogP) is 4.68. The molecule has 4 aromatic rings. The summed E-state index contributed by atoms with van der Waals surface area (Å²) in [4.78, 5) is 36.9. The average molecular weight is 440 g/mol. The number of anilines is 1. The predicted molar refractivity (Wildman–Crippen MR) is 126 cm³/mol. The van der Waals surface area contributed by atoms with Crippen molar-refractivity contribution in [2.24, 2.45) is 0 Å². The van der Waals surface area contributed by atoms with Crippen LogP contribution >= 0.6 is 0 Å². The first-order valence-corrected chi connectivity index (χ1v) is 10.2. The second-order valence-electron chi connectivity index (χ2n) is 7.51. The van der Waals surface area contributed by atoms with Crippen molar-refractivity contribution in [1.29, 1.82) is 0 Å². The molecule has 8 heteroatoms. The number of nitrogens with zero attached hydrogens (tertiary/aromatic N) is 3. The molecule has 0 radical (unpaired) electrons. The number of carbonyl (C=O) groups excluding carboxylic acids is 1. The standard InChI is InChI=1S/C25H20N4O4/c1-16-11-13-18(14-12-16)22-23(30)17(2)27-28(20-8-4-3-5-9-20)24(22)26-25(31)19-7-6-10-21(15-19)29(32)33/h3-15H,1-2H3,(H,26,31). The van der Waals surface area contributed by atoms with Gasteiger partial charge in [0.25, 0.3) is 11.6 Å². The molecule has 0 saturated carbocycles. The van der Waals surface area contributed by atoms with E-state index in [0.717, 1.165) is 5.56 Å². The van der Waals surface area contributed by atoms with Gasteiger partial charge < -0.3 is 5.32 Å². The van der Waals surface area contributed by atoms with Gasteiger partial charge in [0.2, 0.25) is 5.43 Å². The van der Waals surface area contributed by atoms with Crippen LogP contribution < -0.4 is 10.7 Å². The fraction of sp³-hybridized carbons (Fsp3) is 0.0800. The molecule has 8 nitrogen and oxygen atoms in total. The molecule has 33 heavy (non-hydrogen) atoms. The van der Waals surface area contributed by atoms with Crippen molar-refractivity contribution in [3.05, 3.63) is 116 Å². The Labute approximate surface area is 189 Å². The number of hydrogen-bond donors (Lipinski definition) is 1. The molecule has 0 spiro atoms. The highest BCUT2D eigenvalue weighted by molar-refractivity contribution is 6.06. The Morgan fingerprint density at radius 2 is 1.67 bits per heavy atom. The van der Waals surface area contributed by atoms with Crippen molar-refractivity contribution >= 4 is 17.4 Å². The second kappa shape index (κ2) is 8.88. The van der Waals surface area contributed by atoms with E-state index in [1.54, 1.807) is 19.1 Å². The zero-order valence-electron chi connectivity index (χ0n) is 18.0. The molecule has 0 unspecified atom stereocenters. The van der Waals surface area contributed by atoms with Gasteiger partial charge >= 0.3 is 0 Å². The molecule has 0 bridgehead atoms. The van der Waals surface area contributed by atoms with E-state index in [1.807, 2.05) is 49.4 Å². The monoisotopic (exact) mass is 440 g/mol. The Morgan fingerprint density at radius 1 is 0.970 bits per heavy atom. The first-order valence-electron chi connectivity index (χ1n) is 10.2. The fourth-order valence-electron chi connectivity index (χ4n) is 3.44. The third-order valence-electron chi connectivity index (χ3n) is 5.15. The maximum atomic E-state index is 13.2. The van der Waals surface area contributed by atoms with Gasteiger partial charge in [-0.3, -0.25) is 19.7 Å². The summed E-state index contributed by atoms with van der Waals surface area (Å²) in [6.45, 7) is 3.56. The molecule has 1 heterocycles. The molecule has 3 aromatic carbocycles. The third-order valence-corrected chi connectivity index (χ3v) is 5.15. The van der Waals surface area contributed by atoms with Crippen LogP contribution in [0.3, 0.4) is 0 Å². The van der Waals surface area contributed by atoms with Crippen LogP contribution in [0, 0.1) is 24.0 Å². The maximum absolute atomic E-state index is 13.2. The summed E-state index contributed by atoms with van der Waals surface area (Å²) in [5.74, 6) is -0.418. The minimum absolute atomic E-state index is 0.0895. The summed E-state index contributed by atoms with van der Waals surface area (Å²) in [5.41, 5.74) is 2.40. The first-order chi connectivity index (χ1) is 15.8. The van der Waals surface area contributed by atoms with Crippen LogP contribution in [0.2, 0.25) is 0 Å². The molecule has 1 aromatic heterocycles. The SMILES string of the molecule is Cc1ccc(-c2c(NC(=O)c3cccc([N+](=O)[O-])c3)n(-c3ccccc3)nc(C)c2=O)cc1. The molecule has 0 atom stereocenters. The van der Waals surface area contributed by atoms with Crippen LogP contribution in [0.25, 0.3) is 16.8 Å². The van der Waals surface area contributed by atoms with E-state index in [2.05, 4.69) is 10.4 Å². The highest BCUT2D eigenvalue weighted by atomic mass is 16.6. The number of carbonyl (C=O) groups is 1. The Hall–Kier alpha value is -4.59. The number of aromatic nitrogens is 2. The minimum atomic E-state index is -0.596. The second-order valence-corrected chi connectivity index (χ2v) is 7.51. The van der Waals surface area contributed by atoms with Crippen LogP contribution in [0.1, 0.15) is 21.6 Å². The third kappa shape index (κ3) is 4.40. The number of rotatable bonds is 5. The van der Waals surface area contributed by atoms with E-state index in [1.165, 1.54) is 28.9 Å². The number of benzene rings is 3. The summed E-state index contributed by atoms with van der Waals surface area (Å²) in [6, 6.07) is 21.9. The van der Waals surface area contributed by atoms with Crippen LogP contribution in [0.4, 0.5) is 11.5 Å². The van der Waals surface area contributed by atoms with Crippen molar-refractivity contribution in [1.82, 2.24) is 9.78 Å². The number of nitrogens with one attached hydrogen (secondary N) is 1. The largest absolute Gasteiger partial charge is 0.306 e. The highest BCUT2D eigenvalue weighted by Crippen LogP contribution is 2.28. The number of amides is 1. The van der Waals surface area contributed by atoms with E-state index < -0.39 is 10.8 Å². The van der Waals surface area contributed by atoms with E-state index in [-0.39, 0.29) is 33.8 Å². The molecule has 4 rings (SSSR count). The molecule has 0 aliphatic carbocycles. The minimum Gasteiger partial charge on any atom is -0.306 e. The summed E-state index contributed by atoms with van der Waals surface area (Å²) in [6.07, 6.45) is 0. The van der Waals surface area contributed by atoms with Gasteiger partial charge in [0, 0.05) is 17.7 Å². The van der Waals surface area contributed by atoms with E-state index in [0.29, 0.717) is 11.3 Å². The molecule has 0 saturated heterocycles. The van der Waals surface area contributed by atoms with Gasteiger partial charge in [0.15, 0.2) is 0 Å². The zero-order valence-corrected chi connectivity index (χ0v) is 18.0. The number of para-hydroxylation sites is 1. The molecule has 164 valence electrons. The molecular formula is C25H20N4O4. The summed E-state index contributed by atoms with van der Waals surface area (Å²) in [7, 11) is 0. The van der Waals surface area contributed by atoms with Gasteiger partial charge in [0.05, 0.1) is 16.2 Å². The highest BCUT2D eigenvalue weighted by Gasteiger charge is 2.21. The summed E-state index contributed by atoms with van der Waals surface area (Å²) in [5, 5.41) is 18.3. The molecule has 0 aliphatic rings. The lowest BCUT2D eigenvalue weighted by molar-refractivity contribution is -0.384. The Morgan fingerprint density at radius 3 is 2.33 bits per heavy atom. The summed E-state index contributed by atoms with van der Waals surface area (Å²) >= 11 is 0. The lowest BCUT2D eigenvalue weighted by Gasteiger charge is -2.18. The molecule has 0 aliphatic heterocycles. The van der Waals surface area contributed by atoms with E-state index in [4.69, 9.17) is 0 Å². The number of nitro benzene ring substituents is 1. The quantitative estimate of drug-likeness (QED) is 0.358. The Bertz CT molecular complexity index is 1410. The van der Waals surface area contributed by atoms with Gasteiger partial charge in [-0.25, -0.2) is 4.68 Å². The topological polar surface area (TPSA) is 107 Å². The van der Waals surface area contributed by atoms with Crippen molar-refractivity contribution in [3.63, 3.8) is 0 Å². The lowest BCUT2D eigenvalue weighted by Crippen LogP contribution is -2.25. The smallest absolute Gasteiger partial charge is 0.270 e. The van der Waals surface area contributed by atoms with E-state index in [9.17, 15) is 19.7 Å². The summed E-state index contributed by atoms with van der Waals surface area (Å²) < 4.78 is 1.50. The number of hydrogen-bond acceptors (Lipinski definition) is 5. The average Bonchev–Trinajstić information content (AvgIpc) is 2.83. The van der Waals surface area contributed by atoms with Crippen molar-refractivity contribution in [2.75, 3.05) is 5.32 Å². The van der Waals surface area contributed by atoms with Crippen LogP contribution in [0.15, 0.2) is 83.7 Å². The van der Waals surface area contributed by atoms with Crippen molar-refractivity contribution < 1.29 is 9.72 Å². The van der Waals surface area contributed by atoms with Crippen molar-refractivity contribution in [3.8, 4) is 16.8 Å². The van der Waals surface area contributed by atoms with Gasteiger partial charge in [-0.1, -0.05) is 54.1 Å². The molecule has 0 fully saturated rings. The van der Waals surface area contributed by atoms with Gasteiger partial charge in [-0.05, 0) is 37.6 Å².